The lowest BCUT2D eigenvalue weighted by Crippen LogP contribution is -2.53. The molecule has 3 heterocycles. The Labute approximate surface area is 301 Å². The SMILES string of the molecule is CC(C)(C)C[C@]1(c2ccc(-n3ccnn3)cc2)N=C(N)N([C@H](COC(=O)CC2(C(C)(F)F)CC2)C2=C3CC2=CC(Cl)=C3n2ncnc2C(F)F)C1=O. The minimum Gasteiger partial charge on any atom is -0.463 e. The number of allylic oxidation sites excluding steroid dienone is 4. The number of amides is 1. The van der Waals surface area contributed by atoms with E-state index in [4.69, 9.17) is 27.1 Å². The molecule has 0 spiro atoms. The molecule has 2 N–H and O–H groups in total. The molecule has 12 nitrogen and oxygen atoms in total. The first-order valence-electron chi connectivity index (χ1n) is 16.7. The number of halogens is 5. The molecule has 1 aromatic carbocycles. The smallest absolute Gasteiger partial charge is 0.306 e. The summed E-state index contributed by atoms with van der Waals surface area (Å²) in [5.74, 6) is -5.29. The lowest BCUT2D eigenvalue weighted by molar-refractivity contribution is -0.152. The Morgan fingerprint density at radius 3 is 2.44 bits per heavy atom. The number of hydrogen-bond acceptors (Lipinski definition) is 9. The lowest BCUT2D eigenvalue weighted by Gasteiger charge is -2.41. The maximum atomic E-state index is 15.0. The van der Waals surface area contributed by atoms with E-state index < -0.39 is 65.5 Å². The Kier molecular flexibility index (Phi) is 8.46. The molecule has 0 unspecified atom stereocenters. The highest BCUT2D eigenvalue weighted by Gasteiger charge is 2.60. The Morgan fingerprint density at radius 2 is 1.85 bits per heavy atom. The fourth-order valence-electron chi connectivity index (χ4n) is 7.41. The van der Waals surface area contributed by atoms with Gasteiger partial charge >= 0.3 is 5.97 Å². The van der Waals surface area contributed by atoms with Gasteiger partial charge in [0.05, 0.1) is 41.3 Å². The number of nitrogens with two attached hydrogens (primary N) is 1. The van der Waals surface area contributed by atoms with Crippen LogP contribution in [0.3, 0.4) is 0 Å². The summed E-state index contributed by atoms with van der Waals surface area (Å²) in [6.45, 7) is 6.18. The largest absolute Gasteiger partial charge is 0.463 e. The number of fused-ring (bicyclic) bond motifs is 2. The van der Waals surface area contributed by atoms with Gasteiger partial charge in [0, 0.05) is 11.8 Å². The highest BCUT2D eigenvalue weighted by atomic mass is 35.5. The van der Waals surface area contributed by atoms with Crippen LogP contribution in [0.25, 0.3) is 11.4 Å². The zero-order valence-electron chi connectivity index (χ0n) is 28.8. The number of hydrogen-bond donors (Lipinski definition) is 1. The van der Waals surface area contributed by atoms with Gasteiger partial charge in [0.1, 0.15) is 12.9 Å². The molecule has 52 heavy (non-hydrogen) atoms. The number of ether oxygens (including phenoxy) is 1. The zero-order valence-corrected chi connectivity index (χ0v) is 29.5. The molecule has 4 aliphatic rings. The third-order valence-corrected chi connectivity index (χ3v) is 10.4. The van der Waals surface area contributed by atoms with Crippen LogP contribution in [0.5, 0.6) is 0 Å². The van der Waals surface area contributed by atoms with Gasteiger partial charge in [0.2, 0.25) is 0 Å². The molecule has 1 saturated carbocycles. The molecule has 274 valence electrons. The van der Waals surface area contributed by atoms with Gasteiger partial charge in [-0.1, -0.05) is 49.7 Å². The van der Waals surface area contributed by atoms with E-state index in [2.05, 4.69) is 20.4 Å². The topological polar surface area (TPSA) is 146 Å². The summed E-state index contributed by atoms with van der Waals surface area (Å²) in [5.41, 5.74) is 6.11. The van der Waals surface area contributed by atoms with Gasteiger partial charge in [-0.2, -0.15) is 5.10 Å². The Balaban J connectivity index is 1.29. The Bertz CT molecular complexity index is 2060. The second-order valence-electron chi connectivity index (χ2n) is 14.9. The van der Waals surface area contributed by atoms with Gasteiger partial charge < -0.3 is 10.5 Å². The fraction of sp³-hybridized carbons (Fsp3) is 0.457. The summed E-state index contributed by atoms with van der Waals surface area (Å²) in [7, 11) is 0. The number of aliphatic imine (C=N–C) groups is 1. The number of aromatic nitrogens is 6. The normalized spacial score (nSPS) is 21.7. The van der Waals surface area contributed by atoms with E-state index in [1.165, 1.54) is 11.1 Å². The summed E-state index contributed by atoms with van der Waals surface area (Å²) in [6, 6.07) is 5.94. The minimum atomic E-state index is -3.10. The first-order chi connectivity index (χ1) is 24.4. The second-order valence-corrected chi connectivity index (χ2v) is 15.4. The molecule has 2 aromatic heterocycles. The molecule has 1 fully saturated rings. The molecule has 3 aliphatic carbocycles. The average molecular weight is 742 g/mol. The van der Waals surface area contributed by atoms with E-state index >= 15 is 4.79 Å². The van der Waals surface area contributed by atoms with Gasteiger partial charge in [-0.3, -0.25) is 14.5 Å². The van der Waals surface area contributed by atoms with Crippen LogP contribution in [0.15, 0.2) is 75.8 Å². The van der Waals surface area contributed by atoms with E-state index in [1.807, 2.05) is 20.8 Å². The van der Waals surface area contributed by atoms with Crippen molar-refractivity contribution in [2.45, 2.75) is 83.7 Å². The molecule has 1 aliphatic heterocycles. The number of benzene rings is 1. The van der Waals surface area contributed by atoms with E-state index in [0.29, 0.717) is 28.0 Å². The molecule has 0 radical (unpaired) electrons. The summed E-state index contributed by atoms with van der Waals surface area (Å²) in [5, 5.41) is 12.0. The average Bonchev–Trinajstić information content (AvgIpc) is 3.38. The number of carbonyl (C=O) groups is 2. The summed E-state index contributed by atoms with van der Waals surface area (Å²) in [6.07, 6.45) is 3.11. The van der Waals surface area contributed by atoms with Crippen molar-refractivity contribution in [3.8, 4) is 5.69 Å². The molecular weight excluding hydrogens is 706 g/mol. The van der Waals surface area contributed by atoms with Gasteiger partial charge in [-0.25, -0.2) is 36.9 Å². The third kappa shape index (κ3) is 5.99. The summed E-state index contributed by atoms with van der Waals surface area (Å²) < 4.78 is 65.0. The van der Waals surface area contributed by atoms with Crippen molar-refractivity contribution in [1.29, 1.82) is 0 Å². The first-order valence-corrected chi connectivity index (χ1v) is 17.0. The van der Waals surface area contributed by atoms with Gasteiger partial charge in [-0.05, 0) is 72.1 Å². The summed E-state index contributed by atoms with van der Waals surface area (Å²) in [4.78, 5) is 38.0. The predicted molar refractivity (Wildman–Crippen MR) is 181 cm³/mol. The summed E-state index contributed by atoms with van der Waals surface area (Å²) >= 11 is 6.60. The van der Waals surface area contributed by atoms with Crippen LogP contribution in [0.4, 0.5) is 17.6 Å². The Hall–Kier alpha value is -4.86. The number of carbonyl (C=O) groups excluding carboxylic acids is 2. The van der Waals surface area contributed by atoms with E-state index in [1.54, 1.807) is 41.2 Å². The van der Waals surface area contributed by atoms with Crippen molar-refractivity contribution in [3.63, 3.8) is 0 Å². The quantitative estimate of drug-likeness (QED) is 0.174. The fourth-order valence-corrected chi connectivity index (χ4v) is 7.73. The zero-order chi connectivity index (χ0) is 37.4. The molecule has 2 atom stereocenters. The van der Waals surface area contributed by atoms with Crippen LogP contribution in [-0.2, 0) is 19.9 Å². The third-order valence-electron chi connectivity index (χ3n) is 10.1. The van der Waals surface area contributed by atoms with Crippen LogP contribution in [-0.4, -0.2) is 71.1 Å². The monoisotopic (exact) mass is 741 g/mol. The van der Waals surface area contributed by atoms with Crippen molar-refractivity contribution in [2.75, 3.05) is 6.61 Å². The first kappa shape index (κ1) is 35.5. The van der Waals surface area contributed by atoms with Crippen LogP contribution in [0.2, 0.25) is 0 Å². The second kappa shape index (κ2) is 12.4. The lowest BCUT2D eigenvalue weighted by atomic mass is 9.72. The molecule has 7 rings (SSSR count). The van der Waals surface area contributed by atoms with Crippen LogP contribution in [0.1, 0.15) is 77.6 Å². The van der Waals surface area contributed by atoms with Crippen molar-refractivity contribution < 1.29 is 31.9 Å². The number of guanidine groups is 1. The molecule has 17 heteroatoms. The van der Waals surface area contributed by atoms with Crippen LogP contribution >= 0.6 is 11.6 Å². The number of esters is 1. The number of nitrogens with zero attached hydrogens (tertiary/aromatic N) is 8. The number of rotatable bonds is 12. The molecular formula is C35H36ClF4N9O3. The van der Waals surface area contributed by atoms with Crippen molar-refractivity contribution in [1.82, 2.24) is 34.7 Å². The van der Waals surface area contributed by atoms with Gasteiger partial charge in [-0.15, -0.1) is 5.10 Å². The van der Waals surface area contributed by atoms with E-state index in [-0.39, 0.29) is 42.4 Å². The van der Waals surface area contributed by atoms with Crippen LogP contribution < -0.4 is 5.73 Å². The van der Waals surface area contributed by atoms with Crippen molar-refractivity contribution in [3.05, 3.63) is 82.2 Å². The van der Waals surface area contributed by atoms with Crippen molar-refractivity contribution >= 4 is 35.1 Å². The van der Waals surface area contributed by atoms with Gasteiger partial charge in [0.25, 0.3) is 18.3 Å². The predicted octanol–water partition coefficient (Wildman–Crippen LogP) is 6.07. The molecule has 1 amide bonds. The number of alkyl halides is 4. The standard InChI is InChI=1S/C35H36ClF4N9O3/c1-32(2,3)17-35(20-5-7-21(8-6-20)47-12-11-43-46-47)30(51)48(31(41)45-35)24(16-52-25(50)15-34(9-10-34)33(4,39)40)26-19-13-22(26)27(23(36)14-19)49-29(28(37)38)42-18-44-49/h5-8,11-12,14,18,24,28H,9-10,13,15-17H2,1-4H3,(H2,41,45)/t24-,35-/m1/s1. The highest BCUT2D eigenvalue weighted by Crippen LogP contribution is 2.59. The highest BCUT2D eigenvalue weighted by molar-refractivity contribution is 6.35. The Morgan fingerprint density at radius 1 is 1.13 bits per heavy atom. The maximum absolute atomic E-state index is 15.0. The molecule has 2 bridgehead atoms. The minimum absolute atomic E-state index is 0.118. The van der Waals surface area contributed by atoms with Crippen LogP contribution in [0, 0.1) is 10.8 Å². The van der Waals surface area contributed by atoms with E-state index in [0.717, 1.165) is 17.9 Å². The molecule has 3 aromatic rings. The van der Waals surface area contributed by atoms with E-state index in [9.17, 15) is 22.4 Å². The maximum Gasteiger partial charge on any atom is 0.306 e. The van der Waals surface area contributed by atoms with Gasteiger partial charge in [0.15, 0.2) is 17.3 Å². The van der Waals surface area contributed by atoms with Crippen molar-refractivity contribution in [2.24, 2.45) is 21.6 Å². The molecule has 0 saturated heterocycles.